The summed E-state index contributed by atoms with van der Waals surface area (Å²) in [7, 11) is 0. The Kier molecular flexibility index (Phi) is 55.5. The van der Waals surface area contributed by atoms with E-state index in [-0.39, 0.29) is 12.5 Å². The van der Waals surface area contributed by atoms with Crippen molar-refractivity contribution in [3.05, 3.63) is 48.6 Å². The fraction of sp³-hybridized carbons (Fsp3) is 0.870. The fourth-order valence-electron chi connectivity index (χ4n) is 10.8. The predicted octanol–water partition coefficient (Wildman–Crippen LogP) is 18.0. The van der Waals surface area contributed by atoms with Crippen LogP contribution in [0, 0.1) is 0 Å². The SMILES string of the molecule is CCCCCCCCCCCCCC/C=C\CCCCCCCCCCCCCCCCCCC(=O)NC(COC1OC(CO)C(O)C(O)C1O)C(O)/C=C/CC/C=C/CC/C=C/CCCCCCCCCCCCCCC. The van der Waals surface area contributed by atoms with Crippen LogP contribution in [0.15, 0.2) is 48.6 Å². The standard InChI is InChI=1S/C69H129NO8/c1-3-5-7-9-11-13-15-17-19-21-23-25-27-28-29-30-31-32-33-34-35-37-39-41-43-45-47-49-51-53-55-57-59-65(73)70-62(61-77-69-68(76)67(75)66(74)64(60-71)78-69)63(72)58-56-54-52-50-48-46-44-42-40-38-36-26-24-22-20-18-16-14-12-10-8-6-4-2/h28-29,40,42,48,50,56,58,62-64,66-69,71-72,74-76H,3-27,30-39,41,43-47,49,51-55,57,59-61H2,1-2H3,(H,70,73)/b29-28-,42-40+,50-48+,58-56+. The Morgan fingerprint density at radius 2 is 0.731 bits per heavy atom. The van der Waals surface area contributed by atoms with E-state index in [1.54, 1.807) is 6.08 Å². The summed E-state index contributed by atoms with van der Waals surface area (Å²) in [5.41, 5.74) is 0. The molecule has 1 rings (SSSR count). The molecule has 458 valence electrons. The first-order valence-electron chi connectivity index (χ1n) is 33.9. The van der Waals surface area contributed by atoms with Crippen LogP contribution in [0.1, 0.15) is 328 Å². The van der Waals surface area contributed by atoms with Crippen LogP contribution in [-0.2, 0) is 14.3 Å². The van der Waals surface area contributed by atoms with Gasteiger partial charge in [-0.25, -0.2) is 0 Å². The van der Waals surface area contributed by atoms with E-state index in [9.17, 15) is 30.3 Å². The number of carbonyl (C=O) groups is 1. The molecule has 0 spiro atoms. The summed E-state index contributed by atoms with van der Waals surface area (Å²) in [6.45, 7) is 3.80. The van der Waals surface area contributed by atoms with E-state index in [2.05, 4.69) is 55.6 Å². The zero-order valence-corrected chi connectivity index (χ0v) is 51.2. The highest BCUT2D eigenvalue weighted by molar-refractivity contribution is 5.76. The van der Waals surface area contributed by atoms with Crippen molar-refractivity contribution in [3.63, 3.8) is 0 Å². The molecule has 7 unspecified atom stereocenters. The molecule has 0 aromatic carbocycles. The van der Waals surface area contributed by atoms with Crippen molar-refractivity contribution < 1.29 is 39.8 Å². The quantitative estimate of drug-likeness (QED) is 0.0261. The molecule has 0 aromatic rings. The molecule has 9 nitrogen and oxygen atoms in total. The van der Waals surface area contributed by atoms with Gasteiger partial charge in [-0.2, -0.15) is 0 Å². The number of amides is 1. The van der Waals surface area contributed by atoms with Gasteiger partial charge in [-0.1, -0.05) is 300 Å². The molecule has 0 aliphatic carbocycles. The van der Waals surface area contributed by atoms with E-state index in [1.807, 2.05) is 6.08 Å². The van der Waals surface area contributed by atoms with Crippen molar-refractivity contribution in [2.24, 2.45) is 0 Å². The molecule has 1 aliphatic rings. The third kappa shape index (κ3) is 46.7. The molecule has 0 radical (unpaired) electrons. The van der Waals surface area contributed by atoms with Crippen molar-refractivity contribution in [2.75, 3.05) is 13.2 Å². The van der Waals surface area contributed by atoms with Crippen LogP contribution in [0.25, 0.3) is 0 Å². The van der Waals surface area contributed by atoms with Crippen molar-refractivity contribution in [1.82, 2.24) is 5.32 Å². The number of carbonyl (C=O) groups excluding carboxylic acids is 1. The lowest BCUT2D eigenvalue weighted by Gasteiger charge is -2.40. The minimum Gasteiger partial charge on any atom is -0.394 e. The van der Waals surface area contributed by atoms with Crippen LogP contribution < -0.4 is 5.32 Å². The van der Waals surface area contributed by atoms with Crippen LogP contribution in [0.4, 0.5) is 0 Å². The summed E-state index contributed by atoms with van der Waals surface area (Å²) in [6.07, 6.45) is 72.2. The van der Waals surface area contributed by atoms with E-state index in [4.69, 9.17) is 9.47 Å². The first-order chi connectivity index (χ1) is 38.3. The van der Waals surface area contributed by atoms with Gasteiger partial charge in [0.2, 0.25) is 5.91 Å². The van der Waals surface area contributed by atoms with Crippen molar-refractivity contribution in [1.29, 1.82) is 0 Å². The Bertz CT molecular complexity index is 1370. The lowest BCUT2D eigenvalue weighted by Crippen LogP contribution is -2.60. The average Bonchev–Trinajstić information content (AvgIpc) is 3.45. The molecule has 1 amide bonds. The van der Waals surface area contributed by atoms with Gasteiger partial charge in [0.05, 0.1) is 25.4 Å². The van der Waals surface area contributed by atoms with E-state index < -0.39 is 49.5 Å². The summed E-state index contributed by atoms with van der Waals surface area (Å²) < 4.78 is 11.3. The van der Waals surface area contributed by atoms with Crippen LogP contribution in [-0.4, -0.2) is 87.5 Å². The monoisotopic (exact) mass is 1100 g/mol. The van der Waals surface area contributed by atoms with Gasteiger partial charge in [0, 0.05) is 6.42 Å². The minimum atomic E-state index is -1.58. The van der Waals surface area contributed by atoms with Gasteiger partial charge in [0.1, 0.15) is 24.4 Å². The van der Waals surface area contributed by atoms with Gasteiger partial charge in [-0.3, -0.25) is 4.79 Å². The van der Waals surface area contributed by atoms with Crippen LogP contribution in [0.3, 0.4) is 0 Å². The zero-order chi connectivity index (χ0) is 56.5. The van der Waals surface area contributed by atoms with Gasteiger partial charge in [-0.05, 0) is 70.6 Å². The molecular weight excluding hydrogens is 971 g/mol. The first kappa shape index (κ1) is 74.2. The minimum absolute atomic E-state index is 0.186. The van der Waals surface area contributed by atoms with Gasteiger partial charge >= 0.3 is 0 Å². The highest BCUT2D eigenvalue weighted by atomic mass is 16.7. The number of hydrogen-bond donors (Lipinski definition) is 6. The molecule has 1 fully saturated rings. The molecule has 7 atom stereocenters. The highest BCUT2D eigenvalue weighted by Crippen LogP contribution is 2.23. The lowest BCUT2D eigenvalue weighted by atomic mass is 9.99. The van der Waals surface area contributed by atoms with E-state index >= 15 is 0 Å². The topological polar surface area (TPSA) is 149 Å². The van der Waals surface area contributed by atoms with E-state index in [0.717, 1.165) is 44.9 Å². The predicted molar refractivity (Wildman–Crippen MR) is 332 cm³/mol. The molecule has 6 N–H and O–H groups in total. The molecule has 1 heterocycles. The maximum absolute atomic E-state index is 13.1. The molecule has 1 saturated heterocycles. The summed E-state index contributed by atoms with van der Waals surface area (Å²) in [5.74, 6) is -0.186. The van der Waals surface area contributed by atoms with Gasteiger partial charge in [-0.15, -0.1) is 0 Å². The number of allylic oxidation sites excluding steroid dienone is 7. The van der Waals surface area contributed by atoms with Crippen LogP contribution in [0.2, 0.25) is 0 Å². The summed E-state index contributed by atoms with van der Waals surface area (Å²) in [5, 5.41) is 54.7. The third-order valence-corrected chi connectivity index (χ3v) is 16.1. The second kappa shape index (κ2) is 58.4. The second-order valence-corrected chi connectivity index (χ2v) is 23.6. The molecule has 0 bridgehead atoms. The van der Waals surface area contributed by atoms with Crippen molar-refractivity contribution in [2.45, 2.75) is 371 Å². The smallest absolute Gasteiger partial charge is 0.220 e. The van der Waals surface area contributed by atoms with Gasteiger partial charge in [0.25, 0.3) is 0 Å². The highest BCUT2D eigenvalue weighted by Gasteiger charge is 2.44. The van der Waals surface area contributed by atoms with Gasteiger partial charge in [0.15, 0.2) is 6.29 Å². The third-order valence-electron chi connectivity index (χ3n) is 16.1. The Hall–Kier alpha value is -1.85. The maximum Gasteiger partial charge on any atom is 0.220 e. The number of aliphatic hydroxyl groups excluding tert-OH is 5. The molecule has 1 aliphatic heterocycles. The molecule has 0 saturated carbocycles. The zero-order valence-electron chi connectivity index (χ0n) is 51.2. The molecular formula is C69H129NO8. The van der Waals surface area contributed by atoms with E-state index in [0.29, 0.717) is 6.42 Å². The number of aliphatic hydroxyl groups is 5. The number of nitrogens with one attached hydrogen (secondary N) is 1. The number of hydrogen-bond acceptors (Lipinski definition) is 8. The summed E-state index contributed by atoms with van der Waals surface area (Å²) >= 11 is 0. The van der Waals surface area contributed by atoms with Crippen LogP contribution >= 0.6 is 0 Å². The van der Waals surface area contributed by atoms with E-state index in [1.165, 1.54) is 263 Å². The Labute approximate surface area is 482 Å². The Balaban J connectivity index is 2.16. The number of unbranched alkanes of at least 4 members (excludes halogenated alkanes) is 43. The Morgan fingerprint density at radius 3 is 1.08 bits per heavy atom. The Morgan fingerprint density at radius 1 is 0.423 bits per heavy atom. The first-order valence-corrected chi connectivity index (χ1v) is 33.9. The van der Waals surface area contributed by atoms with Crippen molar-refractivity contribution >= 4 is 5.91 Å². The maximum atomic E-state index is 13.1. The average molecular weight is 1100 g/mol. The lowest BCUT2D eigenvalue weighted by molar-refractivity contribution is -0.302. The van der Waals surface area contributed by atoms with Crippen LogP contribution in [0.5, 0.6) is 0 Å². The normalized spacial score (nSPS) is 18.9. The van der Waals surface area contributed by atoms with Crippen molar-refractivity contribution in [3.8, 4) is 0 Å². The number of rotatable bonds is 59. The summed E-state index contributed by atoms with van der Waals surface area (Å²) in [6, 6.07) is -0.829. The van der Waals surface area contributed by atoms with Gasteiger partial charge < -0.3 is 40.3 Å². The largest absolute Gasteiger partial charge is 0.394 e. The molecule has 78 heavy (non-hydrogen) atoms. The fourth-order valence-corrected chi connectivity index (χ4v) is 10.8. The summed E-state index contributed by atoms with van der Waals surface area (Å²) in [4.78, 5) is 13.1. The molecule has 9 heteroatoms. The molecule has 0 aromatic heterocycles. The second-order valence-electron chi connectivity index (χ2n) is 23.6. The number of ether oxygens (including phenoxy) is 2.